The lowest BCUT2D eigenvalue weighted by Gasteiger charge is -2.30. The van der Waals surface area contributed by atoms with Crippen LogP contribution in [0.5, 0.6) is 0 Å². The number of nitrogens with two attached hydrogens (primary N) is 1. The van der Waals surface area contributed by atoms with E-state index in [4.69, 9.17) is 15.9 Å². The summed E-state index contributed by atoms with van der Waals surface area (Å²) in [6.45, 7) is 2.54. The number of hydrogen-bond donors (Lipinski definition) is 4. The SMILES string of the molecule is COC1CCN(S(=O)(=O)c2ccc(C(C)NC(=O)CC(=O)Nc3ccc(C(=N)N)cc3)cc2Br)CC1. The second kappa shape index (κ2) is 12.0. The van der Waals surface area contributed by atoms with Gasteiger partial charge in [0.1, 0.15) is 12.3 Å². The molecule has 36 heavy (non-hydrogen) atoms. The van der Waals surface area contributed by atoms with Crippen LogP contribution in [-0.2, 0) is 24.3 Å². The van der Waals surface area contributed by atoms with E-state index in [-0.39, 0.29) is 23.3 Å². The summed E-state index contributed by atoms with van der Waals surface area (Å²) in [7, 11) is -2.04. The molecule has 2 amide bonds. The largest absolute Gasteiger partial charge is 0.384 e. The quantitative estimate of drug-likeness (QED) is 0.203. The second-order valence-electron chi connectivity index (χ2n) is 8.53. The van der Waals surface area contributed by atoms with E-state index in [0.717, 1.165) is 0 Å². The van der Waals surface area contributed by atoms with Gasteiger partial charge in [0.2, 0.25) is 21.8 Å². The molecule has 0 saturated carbocycles. The van der Waals surface area contributed by atoms with E-state index in [0.29, 0.717) is 47.2 Å². The molecule has 0 aliphatic carbocycles. The third kappa shape index (κ3) is 6.90. The number of benzene rings is 2. The van der Waals surface area contributed by atoms with Crippen LogP contribution in [0.25, 0.3) is 0 Å². The number of anilines is 1. The number of carbonyl (C=O) groups is 2. The molecule has 0 radical (unpaired) electrons. The second-order valence-corrected chi connectivity index (χ2v) is 11.3. The molecule has 0 bridgehead atoms. The van der Waals surface area contributed by atoms with E-state index in [2.05, 4.69) is 26.6 Å². The number of carbonyl (C=O) groups excluding carboxylic acids is 2. The molecule has 10 nitrogen and oxygen atoms in total. The number of nitrogens with zero attached hydrogens (tertiary/aromatic N) is 1. The van der Waals surface area contributed by atoms with Crippen molar-refractivity contribution in [3.8, 4) is 0 Å². The fourth-order valence-electron chi connectivity index (χ4n) is 3.90. The molecule has 0 aromatic heterocycles. The summed E-state index contributed by atoms with van der Waals surface area (Å²) in [5.41, 5.74) is 7.11. The summed E-state index contributed by atoms with van der Waals surface area (Å²) in [4.78, 5) is 24.8. The van der Waals surface area contributed by atoms with Gasteiger partial charge in [-0.25, -0.2) is 8.42 Å². The maximum atomic E-state index is 13.1. The summed E-state index contributed by atoms with van der Waals surface area (Å²) in [6.07, 6.45) is 0.975. The minimum absolute atomic E-state index is 0.0705. The van der Waals surface area contributed by atoms with Crippen molar-refractivity contribution in [3.05, 3.63) is 58.1 Å². The Balaban J connectivity index is 1.58. The molecular formula is C24H30BrN5O5S. The monoisotopic (exact) mass is 579 g/mol. The number of amides is 2. The first-order valence-electron chi connectivity index (χ1n) is 11.4. The fraction of sp³-hybridized carbons (Fsp3) is 0.375. The molecule has 1 aliphatic heterocycles. The van der Waals surface area contributed by atoms with Gasteiger partial charge in [0, 0.05) is 35.9 Å². The maximum absolute atomic E-state index is 13.1. The van der Waals surface area contributed by atoms with Crippen molar-refractivity contribution in [1.29, 1.82) is 5.41 Å². The number of rotatable bonds is 9. The number of nitrogen functional groups attached to an aromatic ring is 1. The van der Waals surface area contributed by atoms with Crippen LogP contribution in [-0.4, -0.2) is 56.7 Å². The van der Waals surface area contributed by atoms with Gasteiger partial charge in [-0.15, -0.1) is 0 Å². The Hall–Kier alpha value is -2.80. The number of piperidine rings is 1. The molecule has 1 aliphatic rings. The van der Waals surface area contributed by atoms with E-state index >= 15 is 0 Å². The number of nitrogens with one attached hydrogen (secondary N) is 3. The molecule has 2 aromatic carbocycles. The molecule has 1 fully saturated rings. The molecule has 1 saturated heterocycles. The number of hydrogen-bond acceptors (Lipinski definition) is 6. The molecular weight excluding hydrogens is 550 g/mol. The number of ether oxygens (including phenoxy) is 1. The van der Waals surface area contributed by atoms with Crippen molar-refractivity contribution < 1.29 is 22.7 Å². The third-order valence-electron chi connectivity index (χ3n) is 5.99. The van der Waals surface area contributed by atoms with Crippen LogP contribution in [0.4, 0.5) is 5.69 Å². The molecule has 0 spiro atoms. The first kappa shape index (κ1) is 27.8. The minimum atomic E-state index is -3.67. The number of halogens is 1. The van der Waals surface area contributed by atoms with Gasteiger partial charge in [-0.2, -0.15) is 4.31 Å². The van der Waals surface area contributed by atoms with Gasteiger partial charge in [0.05, 0.1) is 17.0 Å². The predicted molar refractivity (Wildman–Crippen MR) is 140 cm³/mol. The van der Waals surface area contributed by atoms with Gasteiger partial charge in [-0.05, 0) is 77.7 Å². The standard InChI is InChI=1S/C24H30BrN5O5S/c1-15(28-22(31)14-23(32)29-18-6-3-16(4-7-18)24(26)27)17-5-8-21(20(25)13-17)36(33,34)30-11-9-19(35-2)10-12-30/h3-8,13,15,19H,9-12,14H2,1-2H3,(H3,26,27)(H,28,31)(H,29,32). The highest BCUT2D eigenvalue weighted by Gasteiger charge is 2.31. The predicted octanol–water partition coefficient (Wildman–Crippen LogP) is 2.74. The molecule has 1 heterocycles. The minimum Gasteiger partial charge on any atom is -0.384 e. The first-order valence-corrected chi connectivity index (χ1v) is 13.6. The van der Waals surface area contributed by atoms with Crippen LogP contribution in [0.1, 0.15) is 43.4 Å². The van der Waals surface area contributed by atoms with Crippen LogP contribution in [0, 0.1) is 5.41 Å². The highest BCUT2D eigenvalue weighted by Crippen LogP contribution is 2.30. The molecule has 194 valence electrons. The Kier molecular flexibility index (Phi) is 9.23. The summed E-state index contributed by atoms with van der Waals surface area (Å²) in [5, 5.41) is 12.8. The van der Waals surface area contributed by atoms with Crippen LogP contribution < -0.4 is 16.4 Å². The van der Waals surface area contributed by atoms with Gasteiger partial charge in [0.15, 0.2) is 0 Å². The normalized spacial score (nSPS) is 15.8. The smallest absolute Gasteiger partial charge is 0.244 e. The highest BCUT2D eigenvalue weighted by atomic mass is 79.9. The van der Waals surface area contributed by atoms with E-state index in [1.807, 2.05) is 0 Å². The fourth-order valence-corrected chi connectivity index (χ4v) is 6.43. The topological polar surface area (TPSA) is 155 Å². The van der Waals surface area contributed by atoms with Gasteiger partial charge in [0.25, 0.3) is 0 Å². The highest BCUT2D eigenvalue weighted by molar-refractivity contribution is 9.10. The lowest BCUT2D eigenvalue weighted by molar-refractivity contribution is -0.127. The van der Waals surface area contributed by atoms with Crippen molar-refractivity contribution in [2.75, 3.05) is 25.5 Å². The molecule has 2 aromatic rings. The van der Waals surface area contributed by atoms with E-state index in [1.54, 1.807) is 50.4 Å². The van der Waals surface area contributed by atoms with Crippen molar-refractivity contribution in [1.82, 2.24) is 9.62 Å². The van der Waals surface area contributed by atoms with Crippen LogP contribution in [0.3, 0.4) is 0 Å². The van der Waals surface area contributed by atoms with Crippen LogP contribution in [0.2, 0.25) is 0 Å². The van der Waals surface area contributed by atoms with Crippen molar-refractivity contribution in [2.45, 2.75) is 43.2 Å². The molecule has 3 rings (SSSR count). The van der Waals surface area contributed by atoms with E-state index in [1.165, 1.54) is 10.4 Å². The van der Waals surface area contributed by atoms with Crippen LogP contribution >= 0.6 is 15.9 Å². The third-order valence-corrected chi connectivity index (χ3v) is 8.86. The Morgan fingerprint density at radius 3 is 2.36 bits per heavy atom. The van der Waals surface area contributed by atoms with Crippen LogP contribution in [0.15, 0.2) is 51.8 Å². The summed E-state index contributed by atoms with van der Waals surface area (Å²) in [6, 6.07) is 10.8. The van der Waals surface area contributed by atoms with Gasteiger partial charge >= 0.3 is 0 Å². The Morgan fingerprint density at radius 1 is 1.17 bits per heavy atom. The summed E-state index contributed by atoms with van der Waals surface area (Å²) < 4.78 is 33.4. The maximum Gasteiger partial charge on any atom is 0.244 e. The van der Waals surface area contributed by atoms with Gasteiger partial charge < -0.3 is 21.1 Å². The van der Waals surface area contributed by atoms with E-state index in [9.17, 15) is 18.0 Å². The Morgan fingerprint density at radius 2 is 1.81 bits per heavy atom. The van der Waals surface area contributed by atoms with Gasteiger partial charge in [-0.3, -0.25) is 15.0 Å². The first-order chi connectivity index (χ1) is 17.0. The average molecular weight is 581 g/mol. The van der Waals surface area contributed by atoms with Gasteiger partial charge in [-0.1, -0.05) is 6.07 Å². The Bertz CT molecular complexity index is 1230. The summed E-state index contributed by atoms with van der Waals surface area (Å²) in [5.74, 6) is -1.05. The molecule has 1 atom stereocenters. The lowest BCUT2D eigenvalue weighted by Crippen LogP contribution is -2.40. The zero-order valence-electron chi connectivity index (χ0n) is 20.1. The molecule has 5 N–H and O–H groups in total. The molecule has 1 unspecified atom stereocenters. The molecule has 12 heteroatoms. The van der Waals surface area contributed by atoms with Crippen molar-refractivity contribution >= 4 is 49.3 Å². The summed E-state index contributed by atoms with van der Waals surface area (Å²) >= 11 is 3.37. The van der Waals surface area contributed by atoms with Crippen molar-refractivity contribution in [2.24, 2.45) is 5.73 Å². The number of methoxy groups -OCH3 is 1. The zero-order chi connectivity index (χ0) is 26.5. The van der Waals surface area contributed by atoms with Crippen molar-refractivity contribution in [3.63, 3.8) is 0 Å². The lowest BCUT2D eigenvalue weighted by atomic mass is 10.1. The number of amidine groups is 1. The zero-order valence-corrected chi connectivity index (χ0v) is 22.5. The van der Waals surface area contributed by atoms with E-state index < -0.39 is 27.9 Å². The Labute approximate surface area is 219 Å². The average Bonchev–Trinajstić information content (AvgIpc) is 2.83. The number of sulfonamides is 1.